The first-order chi connectivity index (χ1) is 8.54. The summed E-state index contributed by atoms with van der Waals surface area (Å²) in [7, 11) is 1.58. The predicted molar refractivity (Wildman–Crippen MR) is 64.2 cm³/mol. The first kappa shape index (κ1) is 14.7. The Balaban J connectivity index is 2.50. The van der Waals surface area contributed by atoms with Gasteiger partial charge in [0, 0.05) is 20.1 Å². The maximum absolute atomic E-state index is 12.9. The lowest BCUT2D eigenvalue weighted by molar-refractivity contribution is -0.119. The van der Waals surface area contributed by atoms with Crippen molar-refractivity contribution < 1.29 is 18.3 Å². The van der Waals surface area contributed by atoms with Gasteiger partial charge < -0.3 is 10.5 Å². The average Bonchev–Trinajstić information content (AvgIpc) is 2.34. The molecule has 5 heteroatoms. The molecule has 0 saturated heterocycles. The van der Waals surface area contributed by atoms with E-state index < -0.39 is 17.7 Å². The van der Waals surface area contributed by atoms with Gasteiger partial charge in [-0.05, 0) is 30.5 Å². The van der Waals surface area contributed by atoms with Crippen molar-refractivity contribution in [2.45, 2.75) is 25.3 Å². The zero-order valence-electron chi connectivity index (χ0n) is 10.3. The molecule has 0 radical (unpaired) electrons. The maximum atomic E-state index is 12.9. The Hall–Kier alpha value is -1.33. The number of nitrogens with two attached hydrogens (primary N) is 1. The van der Waals surface area contributed by atoms with Crippen LogP contribution in [0.25, 0.3) is 0 Å². The highest BCUT2D eigenvalue weighted by atomic mass is 19.2. The Labute approximate surface area is 105 Å². The topological polar surface area (TPSA) is 52.3 Å². The van der Waals surface area contributed by atoms with Crippen LogP contribution in [-0.4, -0.2) is 25.5 Å². The van der Waals surface area contributed by atoms with Crippen LogP contribution in [0.3, 0.4) is 0 Å². The van der Waals surface area contributed by atoms with Crippen LogP contribution in [0.1, 0.15) is 18.4 Å². The van der Waals surface area contributed by atoms with E-state index >= 15 is 0 Å². The fraction of sp³-hybridized carbons (Fsp3) is 0.462. The lowest BCUT2D eigenvalue weighted by atomic mass is 10.0. The molecule has 0 amide bonds. The minimum absolute atomic E-state index is 0.0192. The van der Waals surface area contributed by atoms with E-state index in [9.17, 15) is 13.6 Å². The molecular weight excluding hydrogens is 240 g/mol. The maximum Gasteiger partial charge on any atom is 0.159 e. The number of halogens is 2. The number of benzene rings is 1. The molecule has 100 valence electrons. The van der Waals surface area contributed by atoms with Crippen molar-refractivity contribution in [3.05, 3.63) is 35.4 Å². The molecule has 0 aromatic heterocycles. The summed E-state index contributed by atoms with van der Waals surface area (Å²) in [6.45, 7) is 0.548. The summed E-state index contributed by atoms with van der Waals surface area (Å²) in [5.41, 5.74) is 6.13. The molecule has 18 heavy (non-hydrogen) atoms. The number of carbonyl (C=O) groups excluding carboxylic acids is 1. The number of hydrogen-bond donors (Lipinski definition) is 1. The van der Waals surface area contributed by atoms with E-state index in [0.717, 1.165) is 12.1 Å². The second kappa shape index (κ2) is 7.18. The molecule has 1 unspecified atom stereocenters. The number of Topliss-reactive ketones (excluding diaryl/α,β-unsaturated/α-hetero) is 1. The minimum Gasteiger partial charge on any atom is -0.385 e. The third kappa shape index (κ3) is 4.50. The highest BCUT2D eigenvalue weighted by Gasteiger charge is 2.14. The molecule has 0 fully saturated rings. The highest BCUT2D eigenvalue weighted by Crippen LogP contribution is 2.10. The van der Waals surface area contributed by atoms with E-state index in [1.165, 1.54) is 6.07 Å². The van der Waals surface area contributed by atoms with Gasteiger partial charge in [-0.1, -0.05) is 6.07 Å². The SMILES string of the molecule is COCCCC(N)C(=O)Cc1ccc(F)c(F)c1. The summed E-state index contributed by atoms with van der Waals surface area (Å²) < 4.78 is 30.5. The quantitative estimate of drug-likeness (QED) is 0.758. The number of rotatable bonds is 7. The van der Waals surface area contributed by atoms with Gasteiger partial charge in [-0.15, -0.1) is 0 Å². The Morgan fingerprint density at radius 1 is 1.39 bits per heavy atom. The third-order valence-corrected chi connectivity index (χ3v) is 2.64. The van der Waals surface area contributed by atoms with Crippen LogP contribution in [0.2, 0.25) is 0 Å². The summed E-state index contributed by atoms with van der Waals surface area (Å²) in [5, 5.41) is 0. The Morgan fingerprint density at radius 3 is 2.72 bits per heavy atom. The summed E-state index contributed by atoms with van der Waals surface area (Å²) >= 11 is 0. The zero-order chi connectivity index (χ0) is 13.5. The van der Waals surface area contributed by atoms with Gasteiger partial charge in [-0.25, -0.2) is 8.78 Å². The molecule has 1 rings (SSSR count). The lowest BCUT2D eigenvalue weighted by Crippen LogP contribution is -2.32. The van der Waals surface area contributed by atoms with Crippen LogP contribution in [0, 0.1) is 11.6 Å². The summed E-state index contributed by atoms with van der Waals surface area (Å²) in [6, 6.07) is 2.83. The molecule has 2 N–H and O–H groups in total. The molecular formula is C13H17F2NO2. The van der Waals surface area contributed by atoms with Gasteiger partial charge >= 0.3 is 0 Å². The van der Waals surface area contributed by atoms with E-state index in [4.69, 9.17) is 10.5 Å². The monoisotopic (exact) mass is 257 g/mol. The zero-order valence-corrected chi connectivity index (χ0v) is 10.3. The number of ether oxygens (including phenoxy) is 1. The van der Waals surface area contributed by atoms with Crippen molar-refractivity contribution in [1.82, 2.24) is 0 Å². The Morgan fingerprint density at radius 2 is 2.11 bits per heavy atom. The first-order valence-corrected chi connectivity index (χ1v) is 5.75. The predicted octanol–water partition coefficient (Wildman–Crippen LogP) is 1.83. The molecule has 0 spiro atoms. The largest absolute Gasteiger partial charge is 0.385 e. The summed E-state index contributed by atoms with van der Waals surface area (Å²) in [4.78, 5) is 11.7. The van der Waals surface area contributed by atoms with Crippen LogP contribution in [0.4, 0.5) is 8.78 Å². The molecule has 1 aromatic rings. The van der Waals surface area contributed by atoms with Gasteiger partial charge in [-0.3, -0.25) is 4.79 Å². The summed E-state index contributed by atoms with van der Waals surface area (Å²) in [5.74, 6) is -2.05. The van der Waals surface area contributed by atoms with Crippen LogP contribution in [0.5, 0.6) is 0 Å². The van der Waals surface area contributed by atoms with Crippen molar-refractivity contribution in [2.75, 3.05) is 13.7 Å². The van der Waals surface area contributed by atoms with E-state index in [1.54, 1.807) is 7.11 Å². The van der Waals surface area contributed by atoms with Crippen LogP contribution in [-0.2, 0) is 16.0 Å². The molecule has 0 aliphatic carbocycles. The minimum atomic E-state index is -0.951. The Kier molecular flexibility index (Phi) is 5.88. The number of hydrogen-bond acceptors (Lipinski definition) is 3. The highest BCUT2D eigenvalue weighted by molar-refractivity contribution is 5.85. The van der Waals surface area contributed by atoms with Gasteiger partial charge in [-0.2, -0.15) is 0 Å². The van der Waals surface area contributed by atoms with Crippen molar-refractivity contribution in [3.63, 3.8) is 0 Å². The molecule has 1 atom stereocenters. The fourth-order valence-corrected chi connectivity index (χ4v) is 1.59. The molecule has 0 saturated carbocycles. The van der Waals surface area contributed by atoms with E-state index in [-0.39, 0.29) is 12.2 Å². The van der Waals surface area contributed by atoms with E-state index in [0.29, 0.717) is 25.0 Å². The number of ketones is 1. The van der Waals surface area contributed by atoms with Crippen molar-refractivity contribution in [2.24, 2.45) is 5.73 Å². The van der Waals surface area contributed by atoms with Gasteiger partial charge in [0.15, 0.2) is 17.4 Å². The molecule has 0 bridgehead atoms. The second-order valence-corrected chi connectivity index (χ2v) is 4.13. The number of carbonyl (C=O) groups is 1. The van der Waals surface area contributed by atoms with Gasteiger partial charge in [0.1, 0.15) is 0 Å². The summed E-state index contributed by atoms with van der Waals surface area (Å²) in [6.07, 6.45) is 1.24. The molecule has 0 heterocycles. The first-order valence-electron chi connectivity index (χ1n) is 5.75. The average molecular weight is 257 g/mol. The van der Waals surface area contributed by atoms with Crippen molar-refractivity contribution in [1.29, 1.82) is 0 Å². The van der Waals surface area contributed by atoms with Gasteiger partial charge in [0.25, 0.3) is 0 Å². The normalized spacial score (nSPS) is 12.4. The van der Waals surface area contributed by atoms with Crippen molar-refractivity contribution >= 4 is 5.78 Å². The molecule has 1 aromatic carbocycles. The van der Waals surface area contributed by atoms with Gasteiger partial charge in [0.05, 0.1) is 6.04 Å². The van der Waals surface area contributed by atoms with Crippen LogP contribution in [0.15, 0.2) is 18.2 Å². The molecule has 0 aliphatic rings. The van der Waals surface area contributed by atoms with Crippen LogP contribution >= 0.6 is 0 Å². The third-order valence-electron chi connectivity index (χ3n) is 2.64. The smallest absolute Gasteiger partial charge is 0.159 e. The van der Waals surface area contributed by atoms with Crippen LogP contribution < -0.4 is 5.73 Å². The Bertz CT molecular complexity index is 410. The number of methoxy groups -OCH3 is 1. The fourth-order valence-electron chi connectivity index (χ4n) is 1.59. The van der Waals surface area contributed by atoms with Crippen molar-refractivity contribution in [3.8, 4) is 0 Å². The van der Waals surface area contributed by atoms with Gasteiger partial charge in [0.2, 0.25) is 0 Å². The van der Waals surface area contributed by atoms with E-state index in [1.807, 2.05) is 0 Å². The van der Waals surface area contributed by atoms with E-state index in [2.05, 4.69) is 0 Å². The second-order valence-electron chi connectivity index (χ2n) is 4.13. The molecule has 0 aliphatic heterocycles. The standard InChI is InChI=1S/C13H17F2NO2/c1-18-6-2-3-12(16)13(17)8-9-4-5-10(14)11(15)7-9/h4-5,7,12H,2-3,6,8,16H2,1H3. The molecule has 3 nitrogen and oxygen atoms in total. The lowest BCUT2D eigenvalue weighted by Gasteiger charge is -2.10.